The zero-order chi connectivity index (χ0) is 28.5. The number of hydrogen-bond donors (Lipinski definition) is 3. The van der Waals surface area contributed by atoms with Crippen LogP contribution in [0.3, 0.4) is 0 Å². The number of aromatic amines is 1. The number of carbonyl (C=O) groups is 3. The fourth-order valence-electron chi connectivity index (χ4n) is 5.51. The lowest BCUT2D eigenvalue weighted by molar-refractivity contribution is -0.129. The van der Waals surface area contributed by atoms with Gasteiger partial charge < -0.3 is 30.0 Å². The normalized spacial score (nSPS) is 14.6. The topological polar surface area (TPSA) is 104 Å². The Balaban J connectivity index is 1.37. The van der Waals surface area contributed by atoms with Crippen LogP contribution in [0.5, 0.6) is 5.75 Å². The molecule has 3 aromatic rings. The summed E-state index contributed by atoms with van der Waals surface area (Å²) in [6.07, 6.45) is 5.38. The molecule has 1 saturated heterocycles. The first-order valence-corrected chi connectivity index (χ1v) is 14.4. The predicted octanol–water partition coefficient (Wildman–Crippen LogP) is 4.84. The largest absolute Gasteiger partial charge is 0.497 e. The van der Waals surface area contributed by atoms with Crippen molar-refractivity contribution in [3.63, 3.8) is 0 Å². The molecule has 0 aliphatic carbocycles. The maximum absolute atomic E-state index is 13.4. The minimum atomic E-state index is -0.614. The van der Waals surface area contributed by atoms with Crippen molar-refractivity contribution < 1.29 is 19.1 Å². The lowest BCUT2D eigenvalue weighted by Gasteiger charge is -2.34. The average Bonchev–Trinajstić information content (AvgIpc) is 3.26. The van der Waals surface area contributed by atoms with Gasteiger partial charge in [-0.3, -0.25) is 9.59 Å². The molecule has 8 nitrogen and oxygen atoms in total. The van der Waals surface area contributed by atoms with Gasteiger partial charge in [0, 0.05) is 47.8 Å². The van der Waals surface area contributed by atoms with Crippen LogP contribution >= 0.6 is 0 Å². The number of benzene rings is 2. The molecule has 2 aromatic carbocycles. The van der Waals surface area contributed by atoms with Crippen molar-refractivity contribution >= 4 is 34.2 Å². The first kappa shape index (κ1) is 29.2. The Labute approximate surface area is 236 Å². The first-order valence-electron chi connectivity index (χ1n) is 14.4. The third-order valence-electron chi connectivity index (χ3n) is 7.80. The molecule has 1 aliphatic rings. The highest BCUT2D eigenvalue weighted by molar-refractivity contribution is 5.93. The number of methoxy groups -OCH3 is 1. The molecule has 1 fully saturated rings. The maximum atomic E-state index is 13.4. The van der Waals surface area contributed by atoms with Crippen LogP contribution in [0.4, 0.5) is 5.69 Å². The number of piperidine rings is 1. The summed E-state index contributed by atoms with van der Waals surface area (Å²) in [6.45, 7) is 5.30. The van der Waals surface area contributed by atoms with Gasteiger partial charge >= 0.3 is 0 Å². The van der Waals surface area contributed by atoms with Crippen LogP contribution in [0.25, 0.3) is 10.9 Å². The Hall–Kier alpha value is -3.81. The smallest absolute Gasteiger partial charge is 0.242 e. The second-order valence-electron chi connectivity index (χ2n) is 10.8. The average molecular weight is 547 g/mol. The van der Waals surface area contributed by atoms with E-state index < -0.39 is 6.04 Å². The fraction of sp³-hybridized carbons (Fsp3) is 0.469. The van der Waals surface area contributed by atoms with Crippen LogP contribution in [0, 0.1) is 6.92 Å². The lowest BCUT2D eigenvalue weighted by atomic mass is 10.0. The summed E-state index contributed by atoms with van der Waals surface area (Å²) >= 11 is 0. The number of ether oxygens (including phenoxy) is 1. The molecular weight excluding hydrogens is 504 g/mol. The highest BCUT2D eigenvalue weighted by Crippen LogP contribution is 2.27. The van der Waals surface area contributed by atoms with Crippen LogP contribution < -0.4 is 20.3 Å². The molecule has 8 heteroatoms. The zero-order valence-corrected chi connectivity index (χ0v) is 23.9. The van der Waals surface area contributed by atoms with Crippen LogP contribution in [-0.4, -0.2) is 54.9 Å². The summed E-state index contributed by atoms with van der Waals surface area (Å²) in [6, 6.07) is 15.6. The van der Waals surface area contributed by atoms with Gasteiger partial charge in [-0.15, -0.1) is 0 Å². The number of H-pyrrole nitrogens is 1. The summed E-state index contributed by atoms with van der Waals surface area (Å²) < 4.78 is 5.38. The third-order valence-corrected chi connectivity index (χ3v) is 7.80. The molecular formula is C32H42N4O4. The van der Waals surface area contributed by atoms with Crippen LogP contribution in [0.1, 0.15) is 63.1 Å². The van der Waals surface area contributed by atoms with Crippen molar-refractivity contribution in [3.8, 4) is 5.75 Å². The summed E-state index contributed by atoms with van der Waals surface area (Å²) in [5, 5.41) is 7.19. The van der Waals surface area contributed by atoms with Crippen molar-refractivity contribution in [3.05, 3.63) is 59.8 Å². The highest BCUT2D eigenvalue weighted by Gasteiger charge is 2.26. The molecule has 0 bridgehead atoms. The van der Waals surface area contributed by atoms with Crippen molar-refractivity contribution in [2.75, 3.05) is 25.1 Å². The molecule has 4 rings (SSSR count). The van der Waals surface area contributed by atoms with E-state index in [1.54, 1.807) is 14.0 Å². The second kappa shape index (κ2) is 14.0. The van der Waals surface area contributed by atoms with Crippen molar-refractivity contribution in [2.45, 2.75) is 77.3 Å². The van der Waals surface area contributed by atoms with Crippen molar-refractivity contribution in [1.29, 1.82) is 0 Å². The Morgan fingerprint density at radius 2 is 1.80 bits per heavy atom. The fourth-order valence-corrected chi connectivity index (χ4v) is 5.51. The van der Waals surface area contributed by atoms with E-state index in [9.17, 15) is 14.4 Å². The number of aromatic nitrogens is 1. The van der Waals surface area contributed by atoms with Crippen LogP contribution in [-0.2, 0) is 20.8 Å². The number of nitrogens with one attached hydrogen (secondary N) is 3. The quantitative estimate of drug-likeness (QED) is 0.266. The zero-order valence-electron chi connectivity index (χ0n) is 23.9. The first-order chi connectivity index (χ1) is 19.3. The Kier molecular flexibility index (Phi) is 10.2. The molecule has 0 unspecified atom stereocenters. The van der Waals surface area contributed by atoms with Gasteiger partial charge in [-0.2, -0.15) is 0 Å². The number of nitrogens with zero attached hydrogens (tertiary/aromatic N) is 1. The van der Waals surface area contributed by atoms with E-state index in [0.29, 0.717) is 12.8 Å². The highest BCUT2D eigenvalue weighted by atomic mass is 16.5. The number of ketones is 1. The number of aryl methyl sites for hydroxylation is 1. The molecule has 2 amide bonds. The van der Waals surface area contributed by atoms with E-state index in [1.807, 2.05) is 43.3 Å². The summed E-state index contributed by atoms with van der Waals surface area (Å²) in [5.74, 6) is 0.592. The van der Waals surface area contributed by atoms with E-state index in [1.165, 1.54) is 5.69 Å². The monoisotopic (exact) mass is 546 g/mol. The van der Waals surface area contributed by atoms with E-state index in [4.69, 9.17) is 4.74 Å². The molecule has 1 aromatic heterocycles. The third kappa shape index (κ3) is 7.87. The maximum Gasteiger partial charge on any atom is 0.242 e. The van der Waals surface area contributed by atoms with Gasteiger partial charge in [-0.05, 0) is 75.4 Å². The number of Topliss-reactive ketones (excluding diaryl/α,β-unsaturated/α-hetero) is 1. The number of carbonyl (C=O) groups excluding carboxylic acids is 3. The Morgan fingerprint density at radius 1 is 1.05 bits per heavy atom. The molecule has 3 N–H and O–H groups in total. The van der Waals surface area contributed by atoms with Gasteiger partial charge in [-0.1, -0.05) is 31.0 Å². The van der Waals surface area contributed by atoms with Gasteiger partial charge in [0.15, 0.2) is 0 Å². The van der Waals surface area contributed by atoms with Gasteiger partial charge in [0.05, 0.1) is 13.5 Å². The predicted molar refractivity (Wildman–Crippen MR) is 159 cm³/mol. The number of rotatable bonds is 13. The van der Waals surface area contributed by atoms with E-state index >= 15 is 0 Å². The summed E-state index contributed by atoms with van der Waals surface area (Å²) in [4.78, 5) is 43.7. The lowest BCUT2D eigenvalue weighted by Crippen LogP contribution is -2.52. The number of fused-ring (bicyclic) bond motifs is 1. The van der Waals surface area contributed by atoms with Gasteiger partial charge in [0.2, 0.25) is 11.8 Å². The minimum Gasteiger partial charge on any atom is -0.497 e. The SMILES string of the molecule is COc1ccc2[nH]c(C)c(CC(=O)N[C@@H](CCCCCC(C)=O)C(=O)NC3CCN(c4ccccc4)CC3)c2c1. The van der Waals surface area contributed by atoms with Gasteiger partial charge in [-0.25, -0.2) is 0 Å². The standard InChI is InChI=1S/C32H42N4O4/c1-22(37)10-6-4-9-13-30(32(39)34-24-16-18-36(19-17-24)25-11-7-5-8-12-25)35-31(38)21-27-23(2)33-29-15-14-26(40-3)20-28(27)29/h5,7-8,11-12,14-15,20,24,30,33H,4,6,9-10,13,16-19,21H2,1-3H3,(H,34,39)(H,35,38)/t30-/m0/s1. The van der Waals surface area contributed by atoms with Gasteiger partial charge in [0.1, 0.15) is 17.6 Å². The second-order valence-corrected chi connectivity index (χ2v) is 10.8. The number of hydrogen-bond acceptors (Lipinski definition) is 5. The molecule has 0 spiro atoms. The number of anilines is 1. The van der Waals surface area contributed by atoms with Gasteiger partial charge in [0.25, 0.3) is 0 Å². The van der Waals surface area contributed by atoms with Crippen LogP contribution in [0.15, 0.2) is 48.5 Å². The molecule has 214 valence electrons. The Bertz CT molecular complexity index is 1290. The minimum absolute atomic E-state index is 0.0768. The number of para-hydroxylation sites is 1. The number of unbranched alkanes of at least 4 members (excludes halogenated alkanes) is 2. The van der Waals surface area contributed by atoms with Crippen molar-refractivity contribution in [2.24, 2.45) is 0 Å². The molecule has 0 saturated carbocycles. The van der Waals surface area contributed by atoms with Crippen LogP contribution in [0.2, 0.25) is 0 Å². The Morgan fingerprint density at radius 3 is 2.50 bits per heavy atom. The summed E-state index contributed by atoms with van der Waals surface area (Å²) in [5.41, 5.74) is 3.98. The van der Waals surface area contributed by atoms with E-state index in [0.717, 1.165) is 73.1 Å². The molecule has 1 aliphatic heterocycles. The molecule has 2 heterocycles. The molecule has 0 radical (unpaired) electrons. The summed E-state index contributed by atoms with van der Waals surface area (Å²) in [7, 11) is 1.62. The molecule has 40 heavy (non-hydrogen) atoms. The van der Waals surface area contributed by atoms with E-state index in [2.05, 4.69) is 32.7 Å². The van der Waals surface area contributed by atoms with Crippen molar-refractivity contribution in [1.82, 2.24) is 15.6 Å². The van der Waals surface area contributed by atoms with E-state index in [-0.39, 0.29) is 30.1 Å². The molecule has 1 atom stereocenters. The number of amides is 2.